The fraction of sp³-hybridized carbons (Fsp3) is 0.308. The number of hydrogen-bond acceptors (Lipinski definition) is 3. The first-order valence-corrected chi connectivity index (χ1v) is 5.71. The maximum atomic E-state index is 9.32. The maximum absolute atomic E-state index is 9.32. The Kier molecular flexibility index (Phi) is 2.03. The summed E-state index contributed by atoms with van der Waals surface area (Å²) in [4.78, 5) is 0. The Morgan fingerprint density at radius 2 is 1.94 bits per heavy atom. The van der Waals surface area contributed by atoms with E-state index in [-0.39, 0.29) is 11.3 Å². The zero-order valence-electron chi connectivity index (χ0n) is 9.72. The number of benzene rings is 1. The molecule has 0 amide bonds. The Morgan fingerprint density at radius 3 is 2.53 bits per heavy atom. The number of nitrogens with two attached hydrogens (primary N) is 1. The normalized spacial score (nSPS) is 17.1. The van der Waals surface area contributed by atoms with E-state index < -0.39 is 0 Å². The molecule has 1 aliphatic carbocycles. The van der Waals surface area contributed by atoms with Gasteiger partial charge in [-0.05, 0) is 37.1 Å². The molecule has 0 spiro atoms. The summed E-state index contributed by atoms with van der Waals surface area (Å²) in [6.45, 7) is 0. The average Bonchev–Trinajstić information content (AvgIpc) is 2.92. The highest BCUT2D eigenvalue weighted by Gasteiger charge is 2.43. The Hall–Kier alpha value is -1.81. The van der Waals surface area contributed by atoms with Gasteiger partial charge in [-0.25, -0.2) is 0 Å². The Labute approximate surface area is 99.7 Å². The van der Waals surface area contributed by atoms with Crippen molar-refractivity contribution in [2.75, 3.05) is 0 Å². The van der Waals surface area contributed by atoms with Gasteiger partial charge >= 0.3 is 0 Å². The molecule has 0 aliphatic heterocycles. The molecule has 0 radical (unpaired) electrons. The van der Waals surface area contributed by atoms with Crippen LogP contribution < -0.4 is 5.73 Å². The van der Waals surface area contributed by atoms with Crippen molar-refractivity contribution in [3.63, 3.8) is 0 Å². The Bertz CT molecular complexity index is 553. The fourth-order valence-electron chi connectivity index (χ4n) is 2.17. The van der Waals surface area contributed by atoms with Gasteiger partial charge in [-0.3, -0.25) is 4.68 Å². The van der Waals surface area contributed by atoms with Gasteiger partial charge in [0, 0.05) is 23.7 Å². The minimum Gasteiger partial charge on any atom is -0.508 e. The van der Waals surface area contributed by atoms with Crippen LogP contribution in [0.1, 0.15) is 18.4 Å². The lowest BCUT2D eigenvalue weighted by atomic mass is 10.0. The third-order valence-corrected chi connectivity index (χ3v) is 3.40. The fourth-order valence-corrected chi connectivity index (χ4v) is 2.17. The van der Waals surface area contributed by atoms with Crippen LogP contribution in [0.4, 0.5) is 0 Å². The van der Waals surface area contributed by atoms with Crippen molar-refractivity contribution >= 4 is 0 Å². The first-order chi connectivity index (χ1) is 8.10. The van der Waals surface area contributed by atoms with Gasteiger partial charge in [-0.15, -0.1) is 0 Å². The minimum absolute atomic E-state index is 0.193. The van der Waals surface area contributed by atoms with Crippen LogP contribution >= 0.6 is 0 Å². The van der Waals surface area contributed by atoms with Crippen molar-refractivity contribution in [1.29, 1.82) is 0 Å². The van der Waals surface area contributed by atoms with E-state index >= 15 is 0 Å². The molecule has 0 unspecified atom stereocenters. The van der Waals surface area contributed by atoms with Gasteiger partial charge in [0.15, 0.2) is 0 Å². The number of aromatic hydroxyl groups is 1. The zero-order valence-corrected chi connectivity index (χ0v) is 9.72. The van der Waals surface area contributed by atoms with E-state index in [9.17, 15) is 5.11 Å². The first kappa shape index (κ1) is 10.4. The summed E-state index contributed by atoms with van der Waals surface area (Å²) in [5, 5.41) is 13.6. The standard InChI is InChI=1S/C13H15N3O/c1-16-12(9-2-4-10(17)5-3-9)11(8-15-16)13(14)6-7-13/h2-5,8,17H,6-7,14H2,1H3. The second-order valence-corrected chi connectivity index (χ2v) is 4.73. The van der Waals surface area contributed by atoms with Gasteiger partial charge in [-0.2, -0.15) is 5.10 Å². The molecule has 4 heteroatoms. The highest BCUT2D eigenvalue weighted by Crippen LogP contribution is 2.46. The van der Waals surface area contributed by atoms with E-state index in [0.717, 1.165) is 29.7 Å². The van der Waals surface area contributed by atoms with Crippen LogP contribution in [-0.4, -0.2) is 14.9 Å². The van der Waals surface area contributed by atoms with Gasteiger partial charge in [0.25, 0.3) is 0 Å². The zero-order chi connectivity index (χ0) is 12.0. The lowest BCUT2D eigenvalue weighted by molar-refractivity contribution is 0.475. The molecule has 0 saturated heterocycles. The van der Waals surface area contributed by atoms with E-state index in [2.05, 4.69) is 5.10 Å². The maximum Gasteiger partial charge on any atom is 0.115 e. The van der Waals surface area contributed by atoms with E-state index in [4.69, 9.17) is 5.73 Å². The first-order valence-electron chi connectivity index (χ1n) is 5.71. The van der Waals surface area contributed by atoms with Crippen LogP contribution in [0.15, 0.2) is 30.5 Å². The number of aromatic nitrogens is 2. The van der Waals surface area contributed by atoms with Crippen molar-refractivity contribution in [2.45, 2.75) is 18.4 Å². The highest BCUT2D eigenvalue weighted by atomic mass is 16.3. The van der Waals surface area contributed by atoms with E-state index in [0.29, 0.717) is 0 Å². The van der Waals surface area contributed by atoms with E-state index in [1.54, 1.807) is 12.1 Å². The second kappa shape index (κ2) is 3.34. The second-order valence-electron chi connectivity index (χ2n) is 4.73. The SMILES string of the molecule is Cn1ncc(C2(N)CC2)c1-c1ccc(O)cc1. The highest BCUT2D eigenvalue weighted by molar-refractivity contribution is 5.66. The summed E-state index contributed by atoms with van der Waals surface area (Å²) >= 11 is 0. The lowest BCUT2D eigenvalue weighted by Gasteiger charge is -2.11. The van der Waals surface area contributed by atoms with Crippen molar-refractivity contribution in [1.82, 2.24) is 9.78 Å². The van der Waals surface area contributed by atoms with Crippen LogP contribution in [-0.2, 0) is 12.6 Å². The molecule has 1 saturated carbocycles. The van der Waals surface area contributed by atoms with Crippen molar-refractivity contribution in [3.8, 4) is 17.0 Å². The average molecular weight is 229 g/mol. The number of phenols is 1. The molecule has 1 aromatic carbocycles. The summed E-state index contributed by atoms with van der Waals surface area (Å²) in [7, 11) is 1.91. The number of nitrogens with zero attached hydrogens (tertiary/aromatic N) is 2. The quantitative estimate of drug-likeness (QED) is 0.824. The summed E-state index contributed by atoms with van der Waals surface area (Å²) in [5.41, 5.74) is 9.24. The minimum atomic E-state index is -0.193. The molecule has 88 valence electrons. The molecule has 1 fully saturated rings. The van der Waals surface area contributed by atoms with Crippen LogP contribution in [0, 0.1) is 0 Å². The lowest BCUT2D eigenvalue weighted by Crippen LogP contribution is -2.19. The largest absolute Gasteiger partial charge is 0.508 e. The molecule has 1 aromatic heterocycles. The topological polar surface area (TPSA) is 64.1 Å². The number of hydrogen-bond donors (Lipinski definition) is 2. The van der Waals surface area contributed by atoms with Crippen molar-refractivity contribution < 1.29 is 5.11 Å². The molecule has 0 bridgehead atoms. The van der Waals surface area contributed by atoms with Gasteiger partial charge in [0.05, 0.1) is 11.9 Å². The van der Waals surface area contributed by atoms with Gasteiger partial charge < -0.3 is 10.8 Å². The monoisotopic (exact) mass is 229 g/mol. The van der Waals surface area contributed by atoms with Crippen molar-refractivity contribution in [2.24, 2.45) is 12.8 Å². The molecule has 3 rings (SSSR count). The smallest absolute Gasteiger partial charge is 0.115 e. The summed E-state index contributed by atoms with van der Waals surface area (Å²) in [6.07, 6.45) is 3.89. The third kappa shape index (κ3) is 1.61. The summed E-state index contributed by atoms with van der Waals surface area (Å²) in [5.74, 6) is 0.270. The molecule has 1 aliphatic rings. The van der Waals surface area contributed by atoms with Gasteiger partial charge in [0.1, 0.15) is 5.75 Å². The van der Waals surface area contributed by atoms with Gasteiger partial charge in [-0.1, -0.05) is 0 Å². The molecule has 4 nitrogen and oxygen atoms in total. The van der Waals surface area contributed by atoms with Crippen LogP contribution in [0.3, 0.4) is 0 Å². The van der Waals surface area contributed by atoms with Gasteiger partial charge in [0.2, 0.25) is 0 Å². The Balaban J connectivity index is 2.13. The summed E-state index contributed by atoms with van der Waals surface area (Å²) in [6, 6.07) is 7.15. The third-order valence-electron chi connectivity index (χ3n) is 3.40. The molecule has 17 heavy (non-hydrogen) atoms. The predicted octanol–water partition coefficient (Wildman–Crippen LogP) is 1.74. The molecule has 1 heterocycles. The Morgan fingerprint density at radius 1 is 1.29 bits per heavy atom. The van der Waals surface area contributed by atoms with Crippen LogP contribution in [0.5, 0.6) is 5.75 Å². The summed E-state index contributed by atoms with van der Waals surface area (Å²) < 4.78 is 1.84. The van der Waals surface area contributed by atoms with Crippen molar-refractivity contribution in [3.05, 3.63) is 36.0 Å². The predicted molar refractivity (Wildman–Crippen MR) is 65.4 cm³/mol. The molecule has 3 N–H and O–H groups in total. The van der Waals surface area contributed by atoms with E-state index in [1.807, 2.05) is 30.1 Å². The molecular weight excluding hydrogens is 214 g/mol. The van der Waals surface area contributed by atoms with E-state index in [1.165, 1.54) is 0 Å². The van der Waals surface area contributed by atoms with Crippen LogP contribution in [0.2, 0.25) is 0 Å². The number of phenolic OH excluding ortho intramolecular Hbond substituents is 1. The number of aryl methyl sites for hydroxylation is 1. The molecule has 2 aromatic rings. The molecular formula is C13H15N3O. The molecule has 0 atom stereocenters. The van der Waals surface area contributed by atoms with Crippen LogP contribution in [0.25, 0.3) is 11.3 Å². The number of rotatable bonds is 2.